The molecular weight excluding hydrogens is 309 g/mol. The highest BCUT2D eigenvalue weighted by atomic mass is 19.4. The number of nitrogens with zero attached hydrogens (tertiary/aromatic N) is 3. The van der Waals surface area contributed by atoms with Crippen molar-refractivity contribution in [2.24, 2.45) is 7.05 Å². The maximum absolute atomic E-state index is 13.0. The van der Waals surface area contributed by atoms with Crippen LogP contribution in [0.5, 0.6) is 0 Å². The van der Waals surface area contributed by atoms with Gasteiger partial charge in [-0.15, -0.1) is 0 Å². The number of rotatable bonds is 4. The Labute approximate surface area is 131 Å². The highest BCUT2D eigenvalue weighted by Gasteiger charge is 2.34. The number of alkyl halides is 3. The first-order chi connectivity index (χ1) is 10.6. The number of aryl methyl sites for hydroxylation is 1. The third-order valence-corrected chi connectivity index (χ3v) is 3.40. The molecule has 1 heterocycles. The Balaban J connectivity index is 2.27. The molecule has 122 valence electrons. The molecule has 5 nitrogen and oxygen atoms in total. The van der Waals surface area contributed by atoms with Crippen molar-refractivity contribution >= 4 is 5.69 Å². The zero-order valence-corrected chi connectivity index (χ0v) is 12.5. The van der Waals surface area contributed by atoms with E-state index in [1.807, 2.05) is 0 Å². The lowest BCUT2D eigenvalue weighted by Gasteiger charge is -2.24. The number of aromatic nitrogens is 2. The van der Waals surface area contributed by atoms with E-state index in [1.165, 1.54) is 17.8 Å². The molecule has 0 aliphatic rings. The lowest BCUT2D eigenvalue weighted by molar-refractivity contribution is -0.137. The van der Waals surface area contributed by atoms with Crippen molar-refractivity contribution in [2.45, 2.75) is 18.7 Å². The zero-order chi connectivity index (χ0) is 17.3. The Hall–Kier alpha value is -2.53. The van der Waals surface area contributed by atoms with E-state index in [2.05, 4.69) is 10.4 Å². The molecule has 0 radical (unpaired) electrons. The molecule has 2 rings (SSSR count). The summed E-state index contributed by atoms with van der Waals surface area (Å²) in [6, 6.07) is 4.86. The van der Waals surface area contributed by atoms with Crippen LogP contribution < -0.4 is 5.32 Å². The summed E-state index contributed by atoms with van der Waals surface area (Å²) >= 11 is 0. The Morgan fingerprint density at radius 2 is 2.09 bits per heavy atom. The molecule has 23 heavy (non-hydrogen) atoms. The summed E-state index contributed by atoms with van der Waals surface area (Å²) in [5, 5.41) is 25.8. The van der Waals surface area contributed by atoms with Crippen LogP contribution in [0.4, 0.5) is 18.9 Å². The van der Waals surface area contributed by atoms with E-state index in [0.717, 1.165) is 18.2 Å². The average Bonchev–Trinajstić information content (AvgIpc) is 2.91. The molecule has 0 aliphatic carbocycles. The first kappa shape index (κ1) is 16.8. The van der Waals surface area contributed by atoms with Crippen molar-refractivity contribution in [3.63, 3.8) is 0 Å². The average molecular weight is 324 g/mol. The van der Waals surface area contributed by atoms with Gasteiger partial charge < -0.3 is 10.4 Å². The van der Waals surface area contributed by atoms with E-state index in [-0.39, 0.29) is 17.8 Å². The summed E-state index contributed by atoms with van der Waals surface area (Å²) in [6.07, 6.45) is -1.54. The van der Waals surface area contributed by atoms with Crippen LogP contribution in [0.1, 0.15) is 23.6 Å². The molecule has 0 spiro atoms. The Kier molecular flexibility index (Phi) is 4.34. The fraction of sp³-hybridized carbons (Fsp3) is 0.333. The van der Waals surface area contributed by atoms with Gasteiger partial charge in [0.25, 0.3) is 0 Å². The number of nitrogens with one attached hydrogen (secondary N) is 1. The minimum atomic E-state index is -4.56. The van der Waals surface area contributed by atoms with Gasteiger partial charge in [0, 0.05) is 31.0 Å². The second kappa shape index (κ2) is 5.93. The summed E-state index contributed by atoms with van der Waals surface area (Å²) in [5.41, 5.74) is -1.99. The highest BCUT2D eigenvalue weighted by molar-refractivity contribution is 5.57. The monoisotopic (exact) mass is 324 g/mol. The molecule has 2 aromatic rings. The molecule has 1 aromatic carbocycles. The minimum Gasteiger partial charge on any atom is -0.383 e. The summed E-state index contributed by atoms with van der Waals surface area (Å²) < 4.78 is 40.6. The predicted octanol–water partition coefficient (Wildman–Crippen LogP) is 2.63. The zero-order valence-electron chi connectivity index (χ0n) is 12.5. The van der Waals surface area contributed by atoms with Crippen molar-refractivity contribution in [3.8, 4) is 6.07 Å². The van der Waals surface area contributed by atoms with E-state index in [9.17, 15) is 18.3 Å². The topological polar surface area (TPSA) is 73.9 Å². The number of aliphatic hydroxyl groups is 1. The Morgan fingerprint density at radius 1 is 1.39 bits per heavy atom. The summed E-state index contributed by atoms with van der Waals surface area (Å²) in [5.74, 6) is 0. The lowest BCUT2D eigenvalue weighted by atomic mass is 9.99. The molecular formula is C15H15F3N4O. The van der Waals surface area contributed by atoms with Gasteiger partial charge in [0.15, 0.2) is 0 Å². The third-order valence-electron chi connectivity index (χ3n) is 3.40. The molecule has 0 bridgehead atoms. The summed E-state index contributed by atoms with van der Waals surface area (Å²) in [7, 11) is 1.67. The van der Waals surface area contributed by atoms with Gasteiger partial charge in [0.05, 0.1) is 23.4 Å². The number of benzene rings is 1. The normalized spacial score (nSPS) is 14.1. The molecule has 0 amide bonds. The van der Waals surface area contributed by atoms with E-state index in [1.54, 1.807) is 19.3 Å². The van der Waals surface area contributed by atoms with Gasteiger partial charge in [0.2, 0.25) is 0 Å². The largest absolute Gasteiger partial charge is 0.418 e. The fourth-order valence-corrected chi connectivity index (χ4v) is 2.08. The SMILES string of the molecule is Cn1cc([C@@](C)(O)CNc2cc(C#N)ccc2C(F)(F)F)cn1. The maximum Gasteiger partial charge on any atom is 0.418 e. The number of anilines is 1. The Morgan fingerprint density at radius 3 is 2.61 bits per heavy atom. The molecule has 0 saturated heterocycles. The quantitative estimate of drug-likeness (QED) is 0.907. The van der Waals surface area contributed by atoms with Crippen molar-refractivity contribution < 1.29 is 18.3 Å². The standard InChI is InChI=1S/C15H15F3N4O/c1-14(23,11-7-21-22(2)8-11)9-20-13-5-10(6-19)3-4-12(13)15(16,17)18/h3-5,7-8,20,23H,9H2,1-2H3/t14-/m0/s1. The van der Waals surface area contributed by atoms with Crippen LogP contribution in [0, 0.1) is 11.3 Å². The lowest BCUT2D eigenvalue weighted by Crippen LogP contribution is -2.31. The first-order valence-corrected chi connectivity index (χ1v) is 6.70. The van der Waals surface area contributed by atoms with E-state index in [0.29, 0.717) is 5.56 Å². The summed E-state index contributed by atoms with van der Waals surface area (Å²) in [4.78, 5) is 0. The van der Waals surface area contributed by atoms with E-state index in [4.69, 9.17) is 5.26 Å². The smallest absolute Gasteiger partial charge is 0.383 e. The van der Waals surface area contributed by atoms with Crippen LogP contribution in [0.25, 0.3) is 0 Å². The molecule has 0 fully saturated rings. The summed E-state index contributed by atoms with van der Waals surface area (Å²) in [6.45, 7) is 1.30. The third kappa shape index (κ3) is 3.81. The van der Waals surface area contributed by atoms with Crippen LogP contribution in [0.3, 0.4) is 0 Å². The van der Waals surface area contributed by atoms with Gasteiger partial charge in [-0.25, -0.2) is 0 Å². The van der Waals surface area contributed by atoms with Gasteiger partial charge in [-0.05, 0) is 25.1 Å². The van der Waals surface area contributed by atoms with E-state index < -0.39 is 17.3 Å². The maximum atomic E-state index is 13.0. The Bertz CT molecular complexity index is 744. The van der Waals surface area contributed by atoms with Crippen LogP contribution >= 0.6 is 0 Å². The molecule has 1 atom stereocenters. The molecule has 0 aliphatic heterocycles. The fourth-order valence-electron chi connectivity index (χ4n) is 2.08. The number of hydrogen-bond donors (Lipinski definition) is 2. The van der Waals surface area contributed by atoms with Crippen molar-refractivity contribution in [1.82, 2.24) is 9.78 Å². The van der Waals surface area contributed by atoms with Crippen molar-refractivity contribution in [3.05, 3.63) is 47.3 Å². The predicted molar refractivity (Wildman–Crippen MR) is 77.4 cm³/mol. The van der Waals surface area contributed by atoms with Gasteiger partial charge in [0.1, 0.15) is 5.60 Å². The molecule has 2 N–H and O–H groups in total. The molecule has 0 unspecified atom stereocenters. The van der Waals surface area contributed by atoms with Gasteiger partial charge >= 0.3 is 6.18 Å². The number of halogens is 3. The van der Waals surface area contributed by atoms with Crippen LogP contribution in [0.15, 0.2) is 30.6 Å². The van der Waals surface area contributed by atoms with Crippen LogP contribution in [0.2, 0.25) is 0 Å². The van der Waals surface area contributed by atoms with Crippen LogP contribution in [-0.2, 0) is 18.8 Å². The minimum absolute atomic E-state index is 0.0986. The van der Waals surface area contributed by atoms with Gasteiger partial charge in [-0.3, -0.25) is 4.68 Å². The van der Waals surface area contributed by atoms with Gasteiger partial charge in [-0.1, -0.05) is 0 Å². The molecule has 1 aromatic heterocycles. The second-order valence-corrected chi connectivity index (χ2v) is 5.40. The van der Waals surface area contributed by atoms with E-state index >= 15 is 0 Å². The molecule has 8 heteroatoms. The second-order valence-electron chi connectivity index (χ2n) is 5.40. The van der Waals surface area contributed by atoms with Crippen molar-refractivity contribution in [2.75, 3.05) is 11.9 Å². The molecule has 0 saturated carbocycles. The first-order valence-electron chi connectivity index (χ1n) is 6.70. The number of hydrogen-bond acceptors (Lipinski definition) is 4. The van der Waals surface area contributed by atoms with Crippen molar-refractivity contribution in [1.29, 1.82) is 5.26 Å². The number of nitriles is 1. The highest BCUT2D eigenvalue weighted by Crippen LogP contribution is 2.35. The van der Waals surface area contributed by atoms with Gasteiger partial charge in [-0.2, -0.15) is 23.5 Å². The van der Waals surface area contributed by atoms with Crippen LogP contribution in [-0.4, -0.2) is 21.4 Å².